The first kappa shape index (κ1) is 15.6. The molecule has 0 saturated carbocycles. The Bertz CT molecular complexity index is 408. The van der Waals surface area contributed by atoms with E-state index < -0.39 is 5.41 Å². The second-order valence-corrected chi connectivity index (χ2v) is 4.83. The maximum absolute atomic E-state index is 13.0. The molecule has 106 valence electrons. The van der Waals surface area contributed by atoms with Gasteiger partial charge >= 0.3 is 0 Å². The first-order valence-corrected chi connectivity index (χ1v) is 6.80. The molecule has 0 heterocycles. The molecule has 1 rings (SSSR count). The van der Waals surface area contributed by atoms with Gasteiger partial charge in [-0.1, -0.05) is 26.0 Å². The van der Waals surface area contributed by atoms with Gasteiger partial charge in [-0.2, -0.15) is 0 Å². The van der Waals surface area contributed by atoms with E-state index in [4.69, 9.17) is 5.73 Å². The van der Waals surface area contributed by atoms with Crippen molar-refractivity contribution in [2.45, 2.75) is 33.1 Å². The smallest absolute Gasteiger partial charge is 0.227 e. The van der Waals surface area contributed by atoms with Gasteiger partial charge in [0.15, 0.2) is 0 Å². The van der Waals surface area contributed by atoms with Crippen LogP contribution >= 0.6 is 0 Å². The summed E-state index contributed by atoms with van der Waals surface area (Å²) in [5, 5.41) is 2.90. The summed E-state index contributed by atoms with van der Waals surface area (Å²) >= 11 is 0. The average Bonchev–Trinajstić information content (AvgIpc) is 2.41. The van der Waals surface area contributed by atoms with Crippen LogP contribution in [0, 0.1) is 11.2 Å². The number of nitrogens with one attached hydrogen (secondary N) is 1. The number of hydrogen-bond acceptors (Lipinski definition) is 2. The summed E-state index contributed by atoms with van der Waals surface area (Å²) in [4.78, 5) is 12.2. The van der Waals surface area contributed by atoms with E-state index in [0.29, 0.717) is 19.5 Å². The molecule has 0 aromatic heterocycles. The Kier molecular flexibility index (Phi) is 5.96. The molecular formula is C15H23FN2O. The lowest BCUT2D eigenvalue weighted by molar-refractivity contribution is -0.131. The molecule has 0 spiro atoms. The highest BCUT2D eigenvalue weighted by atomic mass is 19.1. The van der Waals surface area contributed by atoms with E-state index in [1.165, 1.54) is 12.1 Å². The topological polar surface area (TPSA) is 55.1 Å². The van der Waals surface area contributed by atoms with Gasteiger partial charge in [-0.15, -0.1) is 0 Å². The molecule has 3 nitrogen and oxygen atoms in total. The molecule has 1 amide bonds. The zero-order valence-corrected chi connectivity index (χ0v) is 11.7. The van der Waals surface area contributed by atoms with Gasteiger partial charge < -0.3 is 11.1 Å². The minimum Gasteiger partial charge on any atom is -0.355 e. The van der Waals surface area contributed by atoms with Crippen LogP contribution in [0.5, 0.6) is 0 Å². The van der Waals surface area contributed by atoms with Crippen molar-refractivity contribution in [3.8, 4) is 0 Å². The second kappa shape index (κ2) is 7.24. The number of amides is 1. The summed E-state index contributed by atoms with van der Waals surface area (Å²) in [7, 11) is 0. The second-order valence-electron chi connectivity index (χ2n) is 4.83. The van der Waals surface area contributed by atoms with Crippen molar-refractivity contribution in [1.82, 2.24) is 5.32 Å². The quantitative estimate of drug-likeness (QED) is 0.795. The highest BCUT2D eigenvalue weighted by Crippen LogP contribution is 2.24. The van der Waals surface area contributed by atoms with Crippen molar-refractivity contribution in [3.63, 3.8) is 0 Å². The van der Waals surface area contributed by atoms with Gasteiger partial charge in [-0.3, -0.25) is 4.79 Å². The van der Waals surface area contributed by atoms with Crippen molar-refractivity contribution in [1.29, 1.82) is 0 Å². The predicted molar refractivity (Wildman–Crippen MR) is 75.2 cm³/mol. The van der Waals surface area contributed by atoms with E-state index in [1.54, 1.807) is 6.07 Å². The van der Waals surface area contributed by atoms with Crippen LogP contribution in [-0.4, -0.2) is 19.0 Å². The van der Waals surface area contributed by atoms with Crippen LogP contribution < -0.4 is 11.1 Å². The molecule has 0 saturated heterocycles. The third-order valence-corrected chi connectivity index (χ3v) is 3.81. The van der Waals surface area contributed by atoms with Crippen molar-refractivity contribution < 1.29 is 9.18 Å². The maximum atomic E-state index is 13.0. The van der Waals surface area contributed by atoms with Crippen molar-refractivity contribution in [2.75, 3.05) is 13.1 Å². The molecule has 19 heavy (non-hydrogen) atoms. The van der Waals surface area contributed by atoms with Crippen LogP contribution in [0.1, 0.15) is 32.3 Å². The molecule has 0 bridgehead atoms. The van der Waals surface area contributed by atoms with Gasteiger partial charge in [0.05, 0.1) is 5.41 Å². The Morgan fingerprint density at radius 3 is 2.58 bits per heavy atom. The molecule has 0 aliphatic rings. The summed E-state index contributed by atoms with van der Waals surface area (Å²) < 4.78 is 13.0. The molecule has 1 aromatic carbocycles. The fourth-order valence-electron chi connectivity index (χ4n) is 2.15. The van der Waals surface area contributed by atoms with Gasteiger partial charge in [0.25, 0.3) is 0 Å². The van der Waals surface area contributed by atoms with Crippen LogP contribution in [0.4, 0.5) is 4.39 Å². The summed E-state index contributed by atoms with van der Waals surface area (Å²) in [5.74, 6) is -0.251. The first-order chi connectivity index (χ1) is 9.07. The molecule has 0 radical (unpaired) electrons. The standard InChI is InChI=1S/C15H23FN2O/c1-3-15(4-2,11-17)14(19)18-9-8-12-6-5-7-13(16)10-12/h5-7,10H,3-4,8-9,11,17H2,1-2H3,(H,18,19). The van der Waals surface area contributed by atoms with Crippen LogP contribution in [0.15, 0.2) is 24.3 Å². The van der Waals surface area contributed by atoms with E-state index in [-0.39, 0.29) is 11.7 Å². The Labute approximate surface area is 114 Å². The van der Waals surface area contributed by atoms with Gasteiger partial charge in [0, 0.05) is 13.1 Å². The monoisotopic (exact) mass is 266 g/mol. The molecule has 0 unspecified atom stereocenters. The summed E-state index contributed by atoms with van der Waals surface area (Å²) in [6, 6.07) is 6.43. The molecule has 0 aliphatic carbocycles. The van der Waals surface area contributed by atoms with Crippen LogP contribution in [-0.2, 0) is 11.2 Å². The lowest BCUT2D eigenvalue weighted by atomic mass is 9.81. The van der Waals surface area contributed by atoms with Crippen LogP contribution in [0.2, 0.25) is 0 Å². The van der Waals surface area contributed by atoms with Crippen LogP contribution in [0.25, 0.3) is 0 Å². The van der Waals surface area contributed by atoms with E-state index in [1.807, 2.05) is 19.9 Å². The fourth-order valence-corrected chi connectivity index (χ4v) is 2.15. The summed E-state index contributed by atoms with van der Waals surface area (Å²) in [5.41, 5.74) is 6.13. The first-order valence-electron chi connectivity index (χ1n) is 6.80. The van der Waals surface area contributed by atoms with Crippen molar-refractivity contribution in [2.24, 2.45) is 11.1 Å². The summed E-state index contributed by atoms with van der Waals surface area (Å²) in [6.45, 7) is 4.81. The third-order valence-electron chi connectivity index (χ3n) is 3.81. The Morgan fingerprint density at radius 2 is 2.05 bits per heavy atom. The molecule has 0 fully saturated rings. The van der Waals surface area contributed by atoms with Gasteiger partial charge in [-0.05, 0) is 37.0 Å². The minimum absolute atomic E-state index is 0.00333. The number of hydrogen-bond donors (Lipinski definition) is 2. The molecule has 1 aromatic rings. The van der Waals surface area contributed by atoms with E-state index in [9.17, 15) is 9.18 Å². The minimum atomic E-state index is -0.470. The zero-order chi connectivity index (χ0) is 14.3. The average molecular weight is 266 g/mol. The number of halogens is 1. The highest BCUT2D eigenvalue weighted by Gasteiger charge is 2.32. The molecule has 4 heteroatoms. The lowest BCUT2D eigenvalue weighted by Crippen LogP contribution is -2.45. The van der Waals surface area contributed by atoms with Gasteiger partial charge in [-0.25, -0.2) is 4.39 Å². The number of nitrogens with two attached hydrogens (primary N) is 1. The third kappa shape index (κ3) is 4.03. The molecule has 0 aliphatic heterocycles. The zero-order valence-electron chi connectivity index (χ0n) is 11.7. The van der Waals surface area contributed by atoms with Gasteiger partial charge in [0.1, 0.15) is 5.82 Å². The number of carbonyl (C=O) groups is 1. The lowest BCUT2D eigenvalue weighted by Gasteiger charge is -2.28. The molecule has 3 N–H and O–H groups in total. The van der Waals surface area contributed by atoms with E-state index >= 15 is 0 Å². The molecular weight excluding hydrogens is 243 g/mol. The SMILES string of the molecule is CCC(CC)(CN)C(=O)NCCc1cccc(F)c1. The van der Waals surface area contributed by atoms with Crippen molar-refractivity contribution >= 4 is 5.91 Å². The Morgan fingerprint density at radius 1 is 1.37 bits per heavy atom. The maximum Gasteiger partial charge on any atom is 0.227 e. The van der Waals surface area contributed by atoms with E-state index in [0.717, 1.165) is 18.4 Å². The fraction of sp³-hybridized carbons (Fsp3) is 0.533. The Hall–Kier alpha value is -1.42. The number of benzene rings is 1. The van der Waals surface area contributed by atoms with Gasteiger partial charge in [0.2, 0.25) is 5.91 Å². The molecule has 0 atom stereocenters. The largest absolute Gasteiger partial charge is 0.355 e. The normalized spacial score (nSPS) is 11.4. The number of rotatable bonds is 7. The highest BCUT2D eigenvalue weighted by molar-refractivity contribution is 5.82. The summed E-state index contributed by atoms with van der Waals surface area (Å²) in [6.07, 6.45) is 2.08. The van der Waals surface area contributed by atoms with Crippen molar-refractivity contribution in [3.05, 3.63) is 35.6 Å². The number of carbonyl (C=O) groups excluding carboxylic acids is 1. The Balaban J connectivity index is 2.50. The predicted octanol–water partition coefficient (Wildman–Crippen LogP) is 2.25. The van der Waals surface area contributed by atoms with Crippen LogP contribution in [0.3, 0.4) is 0 Å². The van der Waals surface area contributed by atoms with E-state index in [2.05, 4.69) is 5.32 Å².